The van der Waals surface area contributed by atoms with Crippen LogP contribution >= 0.6 is 0 Å². The molecule has 0 amide bonds. The van der Waals surface area contributed by atoms with Crippen LogP contribution in [0.1, 0.15) is 0 Å². The lowest BCUT2D eigenvalue weighted by atomic mass is 10.0. The first-order valence-electron chi connectivity index (χ1n) is 24.2. The van der Waals surface area contributed by atoms with Crippen molar-refractivity contribution in [2.75, 3.05) is 0 Å². The molecule has 0 saturated heterocycles. The molecular weight excluding hydrogens is 863 g/mol. The van der Waals surface area contributed by atoms with Gasteiger partial charge in [-0.2, -0.15) is 0 Å². The number of benzene rings is 11. The van der Waals surface area contributed by atoms with Crippen molar-refractivity contribution in [1.82, 2.24) is 13.7 Å². The first kappa shape index (κ1) is 40.1. The Morgan fingerprint density at radius 1 is 0.243 bits per heavy atom. The molecule has 0 bridgehead atoms. The average molecular weight is 908 g/mol. The maximum atomic E-state index is 2.59. The summed E-state index contributed by atoms with van der Waals surface area (Å²) in [6.07, 6.45) is 0. The van der Waals surface area contributed by atoms with Crippen LogP contribution in [0, 0.1) is 0 Å². The van der Waals surface area contributed by atoms with E-state index in [1.165, 1.54) is 86.3 Å². The highest BCUT2D eigenvalue weighted by Gasteiger charge is 2.43. The van der Waals surface area contributed by atoms with Crippen molar-refractivity contribution < 1.29 is 0 Å². The van der Waals surface area contributed by atoms with Gasteiger partial charge in [0.2, 0.25) is 0 Å². The van der Waals surface area contributed by atoms with Gasteiger partial charge in [-0.1, -0.05) is 231 Å². The molecule has 0 N–H and O–H groups in total. The minimum atomic E-state index is -2.96. The molecule has 0 saturated carbocycles. The van der Waals surface area contributed by atoms with Gasteiger partial charge < -0.3 is 13.7 Å². The van der Waals surface area contributed by atoms with Gasteiger partial charge in [0, 0.05) is 37.9 Å². The van der Waals surface area contributed by atoms with E-state index < -0.39 is 8.07 Å². The molecular formula is C66H45N3Si. The third-order valence-corrected chi connectivity index (χ3v) is 19.6. The van der Waals surface area contributed by atoms with Crippen molar-refractivity contribution in [2.45, 2.75) is 0 Å². The zero-order valence-electron chi connectivity index (χ0n) is 38.3. The van der Waals surface area contributed by atoms with Crippen LogP contribution in [0.15, 0.2) is 273 Å². The molecule has 0 spiro atoms. The summed E-state index contributed by atoms with van der Waals surface area (Å²) in [5.74, 6) is 0. The van der Waals surface area contributed by atoms with E-state index in [4.69, 9.17) is 0 Å². The van der Waals surface area contributed by atoms with Crippen LogP contribution in [0.3, 0.4) is 0 Å². The Bertz CT molecular complexity index is 4130. The van der Waals surface area contributed by atoms with E-state index in [0.29, 0.717) is 0 Å². The number of hydrogen-bond donors (Lipinski definition) is 0. The molecule has 3 nitrogen and oxygen atoms in total. The van der Waals surface area contributed by atoms with Crippen LogP contribution in [0.5, 0.6) is 0 Å². The molecule has 0 aliphatic heterocycles. The van der Waals surface area contributed by atoms with Gasteiger partial charge in [0.1, 0.15) is 0 Å². The molecule has 0 radical (unpaired) electrons. The highest BCUT2D eigenvalue weighted by molar-refractivity contribution is 7.20. The summed E-state index contributed by atoms with van der Waals surface area (Å²) in [5.41, 5.74) is 12.8. The molecule has 0 fully saturated rings. The molecule has 11 aromatic carbocycles. The zero-order valence-corrected chi connectivity index (χ0v) is 39.3. The molecule has 0 aliphatic rings. The largest absolute Gasteiger partial charge is 0.307 e. The third-order valence-electron chi connectivity index (χ3n) is 14.8. The number of aromatic nitrogens is 3. The maximum absolute atomic E-state index is 2.96. The van der Waals surface area contributed by atoms with Gasteiger partial charge in [0.25, 0.3) is 0 Å². The predicted octanol–water partition coefficient (Wildman–Crippen LogP) is 14.0. The van der Waals surface area contributed by atoms with Gasteiger partial charge in [-0.15, -0.1) is 0 Å². The molecule has 3 aromatic heterocycles. The fourth-order valence-corrected chi connectivity index (χ4v) is 17.0. The summed E-state index contributed by atoms with van der Waals surface area (Å²) in [7, 11) is -2.96. The predicted molar refractivity (Wildman–Crippen MR) is 299 cm³/mol. The summed E-state index contributed by atoms with van der Waals surface area (Å²) in [5, 5.41) is 12.8. The molecule has 328 valence electrons. The zero-order chi connectivity index (χ0) is 46.2. The van der Waals surface area contributed by atoms with Crippen LogP contribution in [-0.2, 0) is 0 Å². The number of fused-ring (bicyclic) bond motifs is 9. The van der Waals surface area contributed by atoms with Crippen molar-refractivity contribution >= 4 is 94.2 Å². The van der Waals surface area contributed by atoms with E-state index in [9.17, 15) is 0 Å². The number of rotatable bonds is 8. The Labute approximate surface area is 407 Å². The van der Waals surface area contributed by atoms with Crippen molar-refractivity contribution in [3.05, 3.63) is 273 Å². The Hall–Kier alpha value is -8.96. The van der Waals surface area contributed by atoms with E-state index in [1.807, 2.05) is 0 Å². The van der Waals surface area contributed by atoms with Crippen LogP contribution in [0.25, 0.3) is 93.6 Å². The fraction of sp³-hybridized carbons (Fsp3) is 0. The van der Waals surface area contributed by atoms with Crippen LogP contribution in [-0.4, -0.2) is 21.8 Å². The Kier molecular flexibility index (Phi) is 9.23. The fourth-order valence-electron chi connectivity index (χ4n) is 12.0. The smallest absolute Gasteiger partial charge is 0.180 e. The lowest BCUT2D eigenvalue weighted by Crippen LogP contribution is -2.74. The first-order chi connectivity index (χ1) is 34.8. The molecule has 0 atom stereocenters. The summed E-state index contributed by atoms with van der Waals surface area (Å²) in [6.45, 7) is 0. The molecule has 70 heavy (non-hydrogen) atoms. The van der Waals surface area contributed by atoms with Gasteiger partial charge in [-0.25, -0.2) is 0 Å². The quantitative estimate of drug-likeness (QED) is 0.107. The second kappa shape index (κ2) is 16.1. The summed E-state index contributed by atoms with van der Waals surface area (Å²) >= 11 is 0. The highest BCUT2D eigenvalue weighted by Crippen LogP contribution is 2.44. The molecule has 14 rings (SSSR count). The van der Waals surface area contributed by atoms with Crippen molar-refractivity contribution in [1.29, 1.82) is 0 Å². The Morgan fingerprint density at radius 2 is 0.614 bits per heavy atom. The lowest BCUT2D eigenvalue weighted by Gasteiger charge is -2.35. The average Bonchev–Trinajstić information content (AvgIpc) is 4.09. The normalized spacial score (nSPS) is 12.0. The van der Waals surface area contributed by atoms with Gasteiger partial charge in [-0.05, 0) is 68.8 Å². The van der Waals surface area contributed by atoms with Gasteiger partial charge in [0.05, 0.1) is 50.2 Å². The van der Waals surface area contributed by atoms with Crippen LogP contribution in [0.2, 0.25) is 0 Å². The summed E-state index contributed by atoms with van der Waals surface area (Å²) in [4.78, 5) is 0. The second-order valence-electron chi connectivity index (χ2n) is 18.3. The standard InChI is InChI=1S/C66H45N3Si/c1-5-24-46(25-6-1)50-32-13-17-38-56(50)69-65-53(36-21-43-61(65)67-57-39-18-14-33-51(57)52-34-15-19-40-58(52)67)54-37-22-44-62(66(54)69)68-59-41-20-16-35-55(59)64-60(68)42-23-45-63(64)70(47-26-7-2-8-27-47,48-28-9-3-10-29-48)49-30-11-4-12-31-49/h1-45H. The molecule has 14 aromatic rings. The monoisotopic (exact) mass is 907 g/mol. The van der Waals surface area contributed by atoms with Crippen LogP contribution in [0.4, 0.5) is 0 Å². The summed E-state index contributed by atoms with van der Waals surface area (Å²) in [6, 6.07) is 101. The maximum Gasteiger partial charge on any atom is 0.180 e. The molecule has 0 aliphatic carbocycles. The molecule has 4 heteroatoms. The van der Waals surface area contributed by atoms with E-state index in [-0.39, 0.29) is 0 Å². The summed E-state index contributed by atoms with van der Waals surface area (Å²) < 4.78 is 7.64. The minimum absolute atomic E-state index is 1.12. The lowest BCUT2D eigenvalue weighted by molar-refractivity contribution is 1.11. The molecule has 3 heterocycles. The molecule has 0 unspecified atom stereocenters. The van der Waals surface area contributed by atoms with Crippen LogP contribution < -0.4 is 20.7 Å². The van der Waals surface area contributed by atoms with E-state index in [1.54, 1.807) is 0 Å². The van der Waals surface area contributed by atoms with Gasteiger partial charge >= 0.3 is 0 Å². The van der Waals surface area contributed by atoms with E-state index in [0.717, 1.165) is 28.1 Å². The highest BCUT2D eigenvalue weighted by atomic mass is 28.3. The number of hydrogen-bond acceptors (Lipinski definition) is 0. The van der Waals surface area contributed by atoms with Gasteiger partial charge in [-0.3, -0.25) is 0 Å². The Morgan fingerprint density at radius 3 is 1.16 bits per heavy atom. The van der Waals surface area contributed by atoms with E-state index in [2.05, 4.69) is 287 Å². The first-order valence-corrected chi connectivity index (χ1v) is 26.2. The van der Waals surface area contributed by atoms with Gasteiger partial charge in [0.15, 0.2) is 8.07 Å². The van der Waals surface area contributed by atoms with E-state index >= 15 is 0 Å². The minimum Gasteiger partial charge on any atom is -0.307 e. The van der Waals surface area contributed by atoms with Crippen molar-refractivity contribution in [3.8, 4) is 28.2 Å². The van der Waals surface area contributed by atoms with Crippen molar-refractivity contribution in [2.24, 2.45) is 0 Å². The third kappa shape index (κ3) is 5.81. The number of nitrogens with zero attached hydrogens (tertiary/aromatic N) is 3. The van der Waals surface area contributed by atoms with Crippen molar-refractivity contribution in [3.63, 3.8) is 0 Å². The topological polar surface area (TPSA) is 14.8 Å². The number of para-hydroxylation sites is 6. The SMILES string of the molecule is c1ccc(-c2ccccc2-n2c3c(-n4c5ccccc5c5ccccc54)cccc3c3cccc(-n4c5ccccc5c5c([Si](c6ccccc6)(c6ccccc6)c6ccccc6)cccc54)c32)cc1. The second-order valence-corrected chi connectivity index (χ2v) is 22.1. The Balaban J connectivity index is 1.16.